The first-order chi connectivity index (χ1) is 14.3. The Balaban J connectivity index is 1.69. The van der Waals surface area contributed by atoms with Crippen molar-refractivity contribution in [3.05, 3.63) is 63.2 Å². The van der Waals surface area contributed by atoms with Gasteiger partial charge in [0.15, 0.2) is 11.5 Å². The van der Waals surface area contributed by atoms with Gasteiger partial charge in [-0.3, -0.25) is 19.7 Å². The first-order valence-corrected chi connectivity index (χ1v) is 9.42. The number of ether oxygens (including phenoxy) is 2. The zero-order chi connectivity index (χ0) is 21.8. The number of amides is 2. The van der Waals surface area contributed by atoms with Crippen molar-refractivity contribution < 1.29 is 24.0 Å². The van der Waals surface area contributed by atoms with Crippen molar-refractivity contribution in [1.82, 2.24) is 10.2 Å². The Bertz CT molecular complexity index is 991. The fraction of sp³-hybridized carbons (Fsp3) is 0.333. The third-order valence-corrected chi connectivity index (χ3v) is 5.07. The molecule has 1 N–H and O–H groups in total. The van der Waals surface area contributed by atoms with E-state index in [0.29, 0.717) is 31.0 Å². The highest BCUT2D eigenvalue weighted by atomic mass is 16.6. The van der Waals surface area contributed by atoms with Gasteiger partial charge in [0.25, 0.3) is 11.6 Å². The Labute approximate surface area is 173 Å². The highest BCUT2D eigenvalue weighted by molar-refractivity contribution is 5.97. The van der Waals surface area contributed by atoms with Gasteiger partial charge in [0.2, 0.25) is 5.91 Å². The lowest BCUT2D eigenvalue weighted by Gasteiger charge is -2.31. The monoisotopic (exact) mass is 413 g/mol. The molecule has 9 heteroatoms. The summed E-state index contributed by atoms with van der Waals surface area (Å²) in [5.41, 5.74) is 2.00. The SMILES string of the molecule is COc1cc2c(cc1OC)CN(C(=O)C(C)NC(=O)c1cccc([N+](=O)[O-])c1)CC2. The van der Waals surface area contributed by atoms with Crippen LogP contribution in [0.1, 0.15) is 28.4 Å². The van der Waals surface area contributed by atoms with Crippen LogP contribution in [0.4, 0.5) is 5.69 Å². The summed E-state index contributed by atoms with van der Waals surface area (Å²) in [6, 6.07) is 8.39. The van der Waals surface area contributed by atoms with Gasteiger partial charge in [-0.25, -0.2) is 0 Å². The first-order valence-electron chi connectivity index (χ1n) is 9.42. The number of carbonyl (C=O) groups excluding carboxylic acids is 2. The Kier molecular flexibility index (Phi) is 6.20. The lowest BCUT2D eigenvalue weighted by atomic mass is 9.98. The molecule has 1 heterocycles. The second-order valence-electron chi connectivity index (χ2n) is 6.99. The summed E-state index contributed by atoms with van der Waals surface area (Å²) >= 11 is 0. The Hall–Kier alpha value is -3.62. The number of nitrogens with zero attached hydrogens (tertiary/aromatic N) is 2. The predicted octanol–water partition coefficient (Wildman–Crippen LogP) is 2.32. The largest absolute Gasteiger partial charge is 0.493 e. The number of nitro benzene ring substituents is 1. The molecule has 2 amide bonds. The molecule has 0 fully saturated rings. The molecule has 1 atom stereocenters. The van der Waals surface area contributed by atoms with Gasteiger partial charge in [-0.1, -0.05) is 6.07 Å². The van der Waals surface area contributed by atoms with Crippen LogP contribution in [0.15, 0.2) is 36.4 Å². The van der Waals surface area contributed by atoms with Gasteiger partial charge in [0, 0.05) is 30.8 Å². The molecule has 0 saturated heterocycles. The van der Waals surface area contributed by atoms with Crippen molar-refractivity contribution in [3.63, 3.8) is 0 Å². The number of carbonyl (C=O) groups is 2. The van der Waals surface area contributed by atoms with E-state index in [0.717, 1.165) is 11.1 Å². The number of non-ortho nitro benzene ring substituents is 1. The quantitative estimate of drug-likeness (QED) is 0.575. The highest BCUT2D eigenvalue weighted by Gasteiger charge is 2.27. The first kappa shape index (κ1) is 21.1. The van der Waals surface area contributed by atoms with Gasteiger partial charge in [0.1, 0.15) is 6.04 Å². The minimum absolute atomic E-state index is 0.129. The normalized spacial score (nSPS) is 13.8. The number of rotatable bonds is 6. The molecule has 3 rings (SSSR count). The number of fused-ring (bicyclic) bond motifs is 1. The van der Waals surface area contributed by atoms with E-state index in [2.05, 4.69) is 5.32 Å². The third kappa shape index (κ3) is 4.35. The minimum atomic E-state index is -0.779. The van der Waals surface area contributed by atoms with Crippen molar-refractivity contribution in [1.29, 1.82) is 0 Å². The smallest absolute Gasteiger partial charge is 0.270 e. The Morgan fingerprint density at radius 2 is 1.80 bits per heavy atom. The molecule has 1 aliphatic rings. The number of hydrogen-bond acceptors (Lipinski definition) is 6. The maximum atomic E-state index is 12.9. The van der Waals surface area contributed by atoms with Gasteiger partial charge >= 0.3 is 0 Å². The van der Waals surface area contributed by atoms with E-state index < -0.39 is 16.9 Å². The van der Waals surface area contributed by atoms with E-state index in [1.165, 1.54) is 24.3 Å². The van der Waals surface area contributed by atoms with Crippen LogP contribution in [0.25, 0.3) is 0 Å². The summed E-state index contributed by atoms with van der Waals surface area (Å²) in [4.78, 5) is 37.3. The summed E-state index contributed by atoms with van der Waals surface area (Å²) in [5, 5.41) is 13.5. The fourth-order valence-corrected chi connectivity index (χ4v) is 3.45. The predicted molar refractivity (Wildman–Crippen MR) is 109 cm³/mol. The molecule has 1 unspecified atom stereocenters. The third-order valence-electron chi connectivity index (χ3n) is 5.07. The number of methoxy groups -OCH3 is 2. The van der Waals surface area contributed by atoms with E-state index in [1.807, 2.05) is 12.1 Å². The summed E-state index contributed by atoms with van der Waals surface area (Å²) < 4.78 is 10.7. The molecule has 2 aromatic carbocycles. The lowest BCUT2D eigenvalue weighted by Crippen LogP contribution is -2.48. The van der Waals surface area contributed by atoms with Crippen LogP contribution < -0.4 is 14.8 Å². The molecule has 0 saturated carbocycles. The molecular formula is C21H23N3O6. The van der Waals surface area contributed by atoms with Crippen molar-refractivity contribution >= 4 is 17.5 Å². The second-order valence-corrected chi connectivity index (χ2v) is 6.99. The highest BCUT2D eigenvalue weighted by Crippen LogP contribution is 2.33. The van der Waals surface area contributed by atoms with E-state index >= 15 is 0 Å². The van der Waals surface area contributed by atoms with Gasteiger partial charge in [-0.2, -0.15) is 0 Å². The molecule has 9 nitrogen and oxygen atoms in total. The molecule has 0 aliphatic carbocycles. The summed E-state index contributed by atoms with van der Waals surface area (Å²) in [5.74, 6) is 0.476. The van der Waals surface area contributed by atoms with Crippen molar-refractivity contribution in [3.8, 4) is 11.5 Å². The van der Waals surface area contributed by atoms with Crippen LogP contribution in [-0.4, -0.2) is 48.4 Å². The van der Waals surface area contributed by atoms with E-state index in [-0.39, 0.29) is 17.2 Å². The van der Waals surface area contributed by atoms with Crippen molar-refractivity contribution in [2.45, 2.75) is 25.9 Å². The van der Waals surface area contributed by atoms with Gasteiger partial charge in [-0.15, -0.1) is 0 Å². The Morgan fingerprint density at radius 1 is 1.13 bits per heavy atom. The average molecular weight is 413 g/mol. The van der Waals surface area contributed by atoms with Gasteiger partial charge < -0.3 is 19.7 Å². The van der Waals surface area contributed by atoms with Crippen LogP contribution in [0.2, 0.25) is 0 Å². The van der Waals surface area contributed by atoms with Crippen LogP contribution in [-0.2, 0) is 17.8 Å². The minimum Gasteiger partial charge on any atom is -0.493 e. The number of nitro groups is 1. The van der Waals surface area contributed by atoms with Crippen LogP contribution in [0, 0.1) is 10.1 Å². The molecular weight excluding hydrogens is 390 g/mol. The van der Waals surface area contributed by atoms with E-state index in [4.69, 9.17) is 9.47 Å². The standard InChI is InChI=1S/C21H23N3O6/c1-13(22-20(25)15-5-4-6-17(9-15)24(27)28)21(26)23-8-7-14-10-18(29-2)19(30-3)11-16(14)12-23/h4-6,9-11,13H,7-8,12H2,1-3H3,(H,22,25). The maximum Gasteiger partial charge on any atom is 0.270 e. The molecule has 1 aliphatic heterocycles. The van der Waals surface area contributed by atoms with Crippen LogP contribution >= 0.6 is 0 Å². The molecule has 0 bridgehead atoms. The summed E-state index contributed by atoms with van der Waals surface area (Å²) in [6.07, 6.45) is 0.660. The lowest BCUT2D eigenvalue weighted by molar-refractivity contribution is -0.384. The molecule has 0 aromatic heterocycles. The van der Waals surface area contributed by atoms with Crippen LogP contribution in [0.3, 0.4) is 0 Å². The zero-order valence-corrected chi connectivity index (χ0v) is 17.0. The molecule has 0 spiro atoms. The van der Waals surface area contributed by atoms with Crippen LogP contribution in [0.5, 0.6) is 11.5 Å². The summed E-state index contributed by atoms with van der Waals surface area (Å²) in [6.45, 7) is 2.51. The van der Waals surface area contributed by atoms with Gasteiger partial charge in [-0.05, 0) is 42.7 Å². The number of benzene rings is 2. The van der Waals surface area contributed by atoms with Gasteiger partial charge in [0.05, 0.1) is 19.1 Å². The number of nitrogens with one attached hydrogen (secondary N) is 1. The molecule has 30 heavy (non-hydrogen) atoms. The van der Waals surface area contributed by atoms with E-state index in [9.17, 15) is 19.7 Å². The molecule has 0 radical (unpaired) electrons. The number of hydrogen-bond donors (Lipinski definition) is 1. The Morgan fingerprint density at radius 3 is 2.43 bits per heavy atom. The maximum absolute atomic E-state index is 12.9. The average Bonchev–Trinajstić information content (AvgIpc) is 2.76. The fourth-order valence-electron chi connectivity index (χ4n) is 3.45. The van der Waals surface area contributed by atoms with Crippen molar-refractivity contribution in [2.75, 3.05) is 20.8 Å². The second kappa shape index (κ2) is 8.81. The van der Waals surface area contributed by atoms with E-state index in [1.54, 1.807) is 26.0 Å². The van der Waals surface area contributed by atoms with Crippen molar-refractivity contribution in [2.24, 2.45) is 0 Å². The summed E-state index contributed by atoms with van der Waals surface area (Å²) in [7, 11) is 3.14. The topological polar surface area (TPSA) is 111 Å². The zero-order valence-electron chi connectivity index (χ0n) is 17.0. The molecule has 158 valence electrons. The molecule has 2 aromatic rings.